The normalized spacial score (nSPS) is 20.1. The lowest BCUT2D eigenvalue weighted by molar-refractivity contribution is 0.0282. The number of carbonyl (C=O) groups excluding carboxylic acids is 1. The van der Waals surface area contributed by atoms with Crippen LogP contribution in [0.4, 0.5) is 10.7 Å². The summed E-state index contributed by atoms with van der Waals surface area (Å²) in [5.41, 5.74) is 1.56. The van der Waals surface area contributed by atoms with Crippen LogP contribution in [0.25, 0.3) is 22.4 Å². The zero-order valence-corrected chi connectivity index (χ0v) is 21.4. The molecule has 2 aromatic heterocycles. The van der Waals surface area contributed by atoms with Crippen LogP contribution in [0.1, 0.15) is 20.8 Å². The maximum Gasteiger partial charge on any atom is 0.410 e. The molecular weight excluding hydrogens is 486 g/mol. The number of methoxy groups -OCH3 is 1. The van der Waals surface area contributed by atoms with Crippen molar-refractivity contribution in [2.45, 2.75) is 31.3 Å². The number of amides is 1. The first-order valence-corrected chi connectivity index (χ1v) is 13.1. The number of H-pyrrole nitrogens is 1. The Labute approximate surface area is 208 Å². The molecule has 5 rings (SSSR count). The van der Waals surface area contributed by atoms with Gasteiger partial charge in [-0.15, -0.1) is 0 Å². The number of hydrogen-bond acceptors (Lipinski definition) is 9. The molecule has 2 atom stereocenters. The van der Waals surface area contributed by atoms with Gasteiger partial charge in [-0.3, -0.25) is 0 Å². The van der Waals surface area contributed by atoms with Crippen LogP contribution in [-0.2, 0) is 14.8 Å². The fourth-order valence-corrected chi connectivity index (χ4v) is 5.57. The van der Waals surface area contributed by atoms with Crippen LogP contribution in [0.3, 0.4) is 0 Å². The third-order valence-electron chi connectivity index (χ3n) is 6.44. The lowest BCUT2D eigenvalue weighted by Crippen LogP contribution is -2.37. The second kappa shape index (κ2) is 8.59. The predicted octanol–water partition coefficient (Wildman–Crippen LogP) is 1.98. The van der Waals surface area contributed by atoms with E-state index in [1.165, 1.54) is 19.5 Å². The molecule has 1 aromatic carbocycles. The van der Waals surface area contributed by atoms with E-state index in [1.54, 1.807) is 17.0 Å². The SMILES string of the molecule is COc1ccc(-c2nc(N3CC4CN(C(=O)OC(C)(C)C)CC4C3)nc3nc[nH]c23)cc1S(N)(=O)=O. The summed E-state index contributed by atoms with van der Waals surface area (Å²) in [6.07, 6.45) is 1.24. The number of carbonyl (C=O) groups is 1. The molecule has 2 fully saturated rings. The minimum absolute atomic E-state index is 0.131. The van der Waals surface area contributed by atoms with Gasteiger partial charge in [0.1, 0.15) is 27.5 Å². The summed E-state index contributed by atoms with van der Waals surface area (Å²) in [5, 5.41) is 5.41. The zero-order chi connectivity index (χ0) is 25.8. The molecule has 2 aliphatic heterocycles. The summed E-state index contributed by atoms with van der Waals surface area (Å²) < 4.78 is 35.0. The molecule has 12 nitrogen and oxygen atoms in total. The highest BCUT2D eigenvalue weighted by Gasteiger charge is 2.43. The number of anilines is 1. The molecule has 4 heterocycles. The van der Waals surface area contributed by atoms with Crippen molar-refractivity contribution in [3.05, 3.63) is 24.5 Å². The summed E-state index contributed by atoms with van der Waals surface area (Å²) >= 11 is 0. The number of nitrogens with two attached hydrogens (primary N) is 1. The Kier molecular flexibility index (Phi) is 5.79. The number of primary sulfonamides is 1. The highest BCUT2D eigenvalue weighted by atomic mass is 32.2. The number of sulfonamides is 1. The van der Waals surface area contributed by atoms with Crippen molar-refractivity contribution in [2.24, 2.45) is 17.0 Å². The minimum atomic E-state index is -4.02. The highest BCUT2D eigenvalue weighted by molar-refractivity contribution is 7.89. The molecular formula is C23H29N7O5S. The van der Waals surface area contributed by atoms with Gasteiger partial charge in [-0.25, -0.2) is 28.3 Å². The molecule has 0 spiro atoms. The molecule has 2 unspecified atom stereocenters. The average Bonchev–Trinajstić information content (AvgIpc) is 3.50. The fraction of sp³-hybridized carbons (Fsp3) is 0.478. The van der Waals surface area contributed by atoms with Crippen LogP contribution < -0.4 is 14.8 Å². The first-order valence-electron chi connectivity index (χ1n) is 11.6. The van der Waals surface area contributed by atoms with E-state index in [4.69, 9.17) is 19.6 Å². The van der Waals surface area contributed by atoms with Gasteiger partial charge in [-0.05, 0) is 39.0 Å². The monoisotopic (exact) mass is 515 g/mol. The summed E-state index contributed by atoms with van der Waals surface area (Å²) in [4.78, 5) is 33.0. The minimum Gasteiger partial charge on any atom is -0.495 e. The second-order valence-electron chi connectivity index (χ2n) is 10.2. The van der Waals surface area contributed by atoms with Gasteiger partial charge in [0.2, 0.25) is 16.0 Å². The van der Waals surface area contributed by atoms with E-state index in [-0.39, 0.29) is 28.6 Å². The largest absolute Gasteiger partial charge is 0.495 e. The Hall–Kier alpha value is -3.45. The van der Waals surface area contributed by atoms with Crippen LogP contribution in [0.2, 0.25) is 0 Å². The summed E-state index contributed by atoms with van der Waals surface area (Å²) in [7, 11) is -2.64. The molecule has 13 heteroatoms. The molecule has 2 aliphatic rings. The first kappa shape index (κ1) is 24.3. The van der Waals surface area contributed by atoms with Gasteiger partial charge in [-0.2, -0.15) is 4.98 Å². The van der Waals surface area contributed by atoms with Crippen molar-refractivity contribution < 1.29 is 22.7 Å². The van der Waals surface area contributed by atoms with Gasteiger partial charge in [-0.1, -0.05) is 0 Å². The van der Waals surface area contributed by atoms with Crippen molar-refractivity contribution in [2.75, 3.05) is 38.2 Å². The molecule has 3 N–H and O–H groups in total. The standard InChI is InChI=1S/C23H29N7O5S/c1-23(2,3)35-22(31)30-10-14-8-29(9-15(14)11-30)21-27-18(19-20(28-21)26-12-25-19)13-5-6-16(34-4)17(7-13)36(24,32)33/h5-7,12,14-15H,8-11H2,1-4H3,(H2,24,32,33)(H,25,26,27,28). The predicted molar refractivity (Wildman–Crippen MR) is 132 cm³/mol. The Bertz CT molecular complexity index is 1420. The Balaban J connectivity index is 1.43. The number of nitrogens with zero attached hydrogens (tertiary/aromatic N) is 5. The van der Waals surface area contributed by atoms with Gasteiger partial charge in [0.25, 0.3) is 0 Å². The number of aromatic nitrogens is 4. The Morgan fingerprint density at radius 1 is 1.14 bits per heavy atom. The number of aromatic amines is 1. The van der Waals surface area contributed by atoms with Crippen LogP contribution in [-0.4, -0.2) is 78.2 Å². The number of ether oxygens (including phenoxy) is 2. The number of likely N-dealkylation sites (tertiary alicyclic amines) is 1. The van der Waals surface area contributed by atoms with Crippen molar-refractivity contribution in [3.8, 4) is 17.0 Å². The van der Waals surface area contributed by atoms with E-state index >= 15 is 0 Å². The average molecular weight is 516 g/mol. The van der Waals surface area contributed by atoms with E-state index in [1.807, 2.05) is 20.8 Å². The maximum absolute atomic E-state index is 12.5. The lowest BCUT2D eigenvalue weighted by Gasteiger charge is -2.26. The highest BCUT2D eigenvalue weighted by Crippen LogP contribution is 2.36. The van der Waals surface area contributed by atoms with Crippen molar-refractivity contribution in [1.82, 2.24) is 24.8 Å². The summed E-state index contributed by atoms with van der Waals surface area (Å²) in [5.74, 6) is 1.19. The number of hydrogen-bond donors (Lipinski definition) is 2. The number of benzene rings is 1. The Morgan fingerprint density at radius 2 is 1.83 bits per heavy atom. The molecule has 3 aromatic rings. The molecule has 0 bridgehead atoms. The smallest absolute Gasteiger partial charge is 0.410 e. The van der Waals surface area contributed by atoms with E-state index in [0.717, 1.165) is 0 Å². The molecule has 0 radical (unpaired) electrons. The van der Waals surface area contributed by atoms with Gasteiger partial charge in [0, 0.05) is 43.6 Å². The number of rotatable bonds is 4. The van der Waals surface area contributed by atoms with E-state index in [2.05, 4.69) is 19.9 Å². The number of fused-ring (bicyclic) bond motifs is 2. The van der Waals surface area contributed by atoms with E-state index in [9.17, 15) is 13.2 Å². The molecule has 2 saturated heterocycles. The van der Waals surface area contributed by atoms with Gasteiger partial charge >= 0.3 is 6.09 Å². The van der Waals surface area contributed by atoms with E-state index in [0.29, 0.717) is 54.5 Å². The third-order valence-corrected chi connectivity index (χ3v) is 7.37. The van der Waals surface area contributed by atoms with Crippen LogP contribution in [0.5, 0.6) is 5.75 Å². The van der Waals surface area contributed by atoms with Crippen molar-refractivity contribution in [1.29, 1.82) is 0 Å². The molecule has 192 valence electrons. The quantitative estimate of drug-likeness (QED) is 0.530. The number of nitrogens with one attached hydrogen (secondary N) is 1. The molecule has 0 saturated carbocycles. The van der Waals surface area contributed by atoms with E-state index < -0.39 is 15.6 Å². The Morgan fingerprint density at radius 3 is 2.44 bits per heavy atom. The maximum atomic E-state index is 12.5. The molecule has 0 aliphatic carbocycles. The van der Waals surface area contributed by atoms with Gasteiger partial charge in [0.05, 0.1) is 13.4 Å². The molecule has 36 heavy (non-hydrogen) atoms. The van der Waals surface area contributed by atoms with Crippen molar-refractivity contribution in [3.63, 3.8) is 0 Å². The topological polar surface area (TPSA) is 157 Å². The van der Waals surface area contributed by atoms with Gasteiger partial charge < -0.3 is 24.3 Å². The fourth-order valence-electron chi connectivity index (χ4n) is 4.85. The zero-order valence-electron chi connectivity index (χ0n) is 20.6. The van der Waals surface area contributed by atoms with Crippen molar-refractivity contribution >= 4 is 33.2 Å². The van der Waals surface area contributed by atoms with Crippen LogP contribution >= 0.6 is 0 Å². The van der Waals surface area contributed by atoms with Crippen LogP contribution in [0, 0.1) is 11.8 Å². The second-order valence-corrected chi connectivity index (χ2v) is 11.7. The summed E-state index contributed by atoms with van der Waals surface area (Å²) in [6.45, 7) is 8.18. The summed E-state index contributed by atoms with van der Waals surface area (Å²) in [6, 6.07) is 4.71. The number of imidazole rings is 1. The lowest BCUT2D eigenvalue weighted by atomic mass is 10.0. The first-order chi connectivity index (χ1) is 16.9. The molecule has 1 amide bonds. The third kappa shape index (κ3) is 4.55. The van der Waals surface area contributed by atoms with Gasteiger partial charge in [0.15, 0.2) is 5.65 Å². The van der Waals surface area contributed by atoms with Crippen LogP contribution in [0.15, 0.2) is 29.4 Å².